The molecule has 0 spiro atoms. The molecule has 0 radical (unpaired) electrons. The van der Waals surface area contributed by atoms with E-state index in [1.165, 1.54) is 0 Å². The summed E-state index contributed by atoms with van der Waals surface area (Å²) in [5.41, 5.74) is 0.658. The van der Waals surface area contributed by atoms with Crippen molar-refractivity contribution in [3.63, 3.8) is 0 Å². The molecule has 2 aromatic rings. The zero-order valence-corrected chi connectivity index (χ0v) is 17.3. The van der Waals surface area contributed by atoms with Crippen molar-refractivity contribution in [2.24, 2.45) is 0 Å². The topological polar surface area (TPSA) is 57.2 Å². The first kappa shape index (κ1) is 21.0. The highest BCUT2D eigenvalue weighted by atomic mass is 16.6. The van der Waals surface area contributed by atoms with E-state index in [2.05, 4.69) is 0 Å². The van der Waals surface area contributed by atoms with Gasteiger partial charge in [0, 0.05) is 0 Å². The second kappa shape index (κ2) is 9.65. The van der Waals surface area contributed by atoms with Crippen molar-refractivity contribution in [1.29, 1.82) is 0 Å². The molecular formula is C23H29NO5. The van der Waals surface area contributed by atoms with E-state index in [0.717, 1.165) is 17.1 Å². The lowest BCUT2D eigenvalue weighted by atomic mass is 10.2. The van der Waals surface area contributed by atoms with Gasteiger partial charge in [0.15, 0.2) is 0 Å². The fourth-order valence-corrected chi connectivity index (χ4v) is 2.77. The minimum atomic E-state index is -0.473. The third-order valence-corrected chi connectivity index (χ3v) is 4.28. The van der Waals surface area contributed by atoms with Crippen LogP contribution in [0.5, 0.6) is 11.5 Å². The zero-order chi connectivity index (χ0) is 20.7. The first-order valence-electron chi connectivity index (χ1n) is 9.88. The fraction of sp³-hybridized carbons (Fsp3) is 0.435. The van der Waals surface area contributed by atoms with Gasteiger partial charge in [0.1, 0.15) is 30.3 Å². The van der Waals surface area contributed by atoms with Crippen molar-refractivity contribution in [2.45, 2.75) is 39.1 Å². The highest BCUT2D eigenvalue weighted by Crippen LogP contribution is 2.19. The number of nitrogens with zero attached hydrogens (tertiary/aromatic N) is 1. The molecule has 1 fully saturated rings. The molecule has 1 amide bonds. The van der Waals surface area contributed by atoms with E-state index in [1.807, 2.05) is 75.4 Å². The average molecular weight is 399 g/mol. The van der Waals surface area contributed by atoms with E-state index < -0.39 is 5.60 Å². The maximum atomic E-state index is 11.9. The van der Waals surface area contributed by atoms with Gasteiger partial charge in [0.25, 0.3) is 0 Å². The Labute approximate surface area is 172 Å². The lowest BCUT2D eigenvalue weighted by molar-refractivity contribution is -0.0679. The predicted octanol–water partition coefficient (Wildman–Crippen LogP) is 4.28. The molecule has 3 rings (SSSR count). The monoisotopic (exact) mass is 399 g/mol. The third-order valence-electron chi connectivity index (χ3n) is 4.28. The number of benzene rings is 2. The summed E-state index contributed by atoms with van der Waals surface area (Å²) in [5.74, 6) is 1.57. The van der Waals surface area contributed by atoms with E-state index in [-0.39, 0.29) is 12.2 Å². The van der Waals surface area contributed by atoms with Crippen LogP contribution in [-0.4, -0.2) is 49.0 Å². The lowest BCUT2D eigenvalue weighted by Crippen LogP contribution is -2.56. The highest BCUT2D eigenvalue weighted by molar-refractivity contribution is 5.69. The number of likely N-dealkylation sites (tertiary alicyclic amines) is 1. The van der Waals surface area contributed by atoms with E-state index in [1.54, 1.807) is 4.90 Å². The summed E-state index contributed by atoms with van der Waals surface area (Å²) in [6.45, 7) is 8.15. The van der Waals surface area contributed by atoms with Gasteiger partial charge in [-0.15, -0.1) is 0 Å². The van der Waals surface area contributed by atoms with Crippen LogP contribution in [0.2, 0.25) is 0 Å². The largest absolute Gasteiger partial charge is 0.491 e. The molecule has 1 heterocycles. The van der Waals surface area contributed by atoms with Crippen LogP contribution >= 0.6 is 0 Å². The van der Waals surface area contributed by atoms with Crippen molar-refractivity contribution < 1.29 is 23.7 Å². The molecule has 0 aliphatic carbocycles. The molecule has 6 heteroatoms. The standard InChI is InChI=1S/C23H29NO5/c1-23(2,3)29-22(25)24-15-21(16-24)27-14-13-26-19-9-11-20(12-10-19)28-17-18-7-5-4-6-8-18/h4-12,21H,13-17H2,1-3H3. The average Bonchev–Trinajstić information content (AvgIpc) is 2.65. The van der Waals surface area contributed by atoms with Gasteiger partial charge in [-0.25, -0.2) is 4.79 Å². The van der Waals surface area contributed by atoms with Gasteiger partial charge in [-0.2, -0.15) is 0 Å². The van der Waals surface area contributed by atoms with Crippen molar-refractivity contribution >= 4 is 6.09 Å². The second-order valence-corrected chi connectivity index (χ2v) is 7.97. The number of carbonyl (C=O) groups is 1. The summed E-state index contributed by atoms with van der Waals surface area (Å²) < 4.78 is 22.5. The molecule has 0 saturated carbocycles. The number of hydrogen-bond donors (Lipinski definition) is 0. The van der Waals surface area contributed by atoms with Crippen LogP contribution in [0, 0.1) is 0 Å². The van der Waals surface area contributed by atoms with Gasteiger partial charge in [-0.1, -0.05) is 30.3 Å². The Morgan fingerprint density at radius 3 is 2.17 bits per heavy atom. The summed E-state index contributed by atoms with van der Waals surface area (Å²) in [4.78, 5) is 13.5. The van der Waals surface area contributed by atoms with Gasteiger partial charge in [0.05, 0.1) is 25.8 Å². The quantitative estimate of drug-likeness (QED) is 0.620. The maximum absolute atomic E-state index is 11.9. The highest BCUT2D eigenvalue weighted by Gasteiger charge is 2.34. The Morgan fingerprint density at radius 1 is 0.931 bits per heavy atom. The van der Waals surface area contributed by atoms with Crippen LogP contribution in [0.4, 0.5) is 4.79 Å². The molecule has 156 valence electrons. The van der Waals surface area contributed by atoms with E-state index in [9.17, 15) is 4.79 Å². The number of hydrogen-bond acceptors (Lipinski definition) is 5. The minimum Gasteiger partial charge on any atom is -0.491 e. The molecule has 6 nitrogen and oxygen atoms in total. The molecule has 29 heavy (non-hydrogen) atoms. The predicted molar refractivity (Wildman–Crippen MR) is 110 cm³/mol. The molecule has 0 N–H and O–H groups in total. The van der Waals surface area contributed by atoms with Crippen LogP contribution in [0.25, 0.3) is 0 Å². The Kier molecular flexibility index (Phi) is 6.99. The Morgan fingerprint density at radius 2 is 1.55 bits per heavy atom. The smallest absolute Gasteiger partial charge is 0.410 e. The molecule has 2 aromatic carbocycles. The number of amides is 1. The van der Waals surface area contributed by atoms with Gasteiger partial charge < -0.3 is 23.8 Å². The number of rotatable bonds is 8. The SMILES string of the molecule is CC(C)(C)OC(=O)N1CC(OCCOc2ccc(OCc3ccccc3)cc2)C1. The second-order valence-electron chi connectivity index (χ2n) is 7.97. The van der Waals surface area contributed by atoms with Gasteiger partial charge in [0.2, 0.25) is 0 Å². The third kappa shape index (κ3) is 6.98. The minimum absolute atomic E-state index is 0.0416. The molecule has 1 aliphatic heterocycles. The maximum Gasteiger partial charge on any atom is 0.410 e. The normalized spacial score (nSPS) is 14.2. The first-order chi connectivity index (χ1) is 13.9. The number of carbonyl (C=O) groups excluding carboxylic acids is 1. The molecule has 0 aromatic heterocycles. The summed E-state index contributed by atoms with van der Waals surface area (Å²) in [5, 5.41) is 0. The lowest BCUT2D eigenvalue weighted by Gasteiger charge is -2.39. The van der Waals surface area contributed by atoms with E-state index in [4.69, 9.17) is 18.9 Å². The molecular weight excluding hydrogens is 370 g/mol. The molecule has 1 saturated heterocycles. The van der Waals surface area contributed by atoms with Crippen LogP contribution in [0.15, 0.2) is 54.6 Å². The van der Waals surface area contributed by atoms with E-state index in [0.29, 0.717) is 32.9 Å². The molecule has 1 aliphatic rings. The van der Waals surface area contributed by atoms with Gasteiger partial charge >= 0.3 is 6.09 Å². The zero-order valence-electron chi connectivity index (χ0n) is 17.3. The summed E-state index contributed by atoms with van der Waals surface area (Å²) in [6.07, 6.45) is -0.247. The Hall–Kier alpha value is -2.73. The van der Waals surface area contributed by atoms with Gasteiger partial charge in [-0.3, -0.25) is 0 Å². The van der Waals surface area contributed by atoms with Crippen LogP contribution in [0.1, 0.15) is 26.3 Å². The van der Waals surface area contributed by atoms with Crippen LogP contribution < -0.4 is 9.47 Å². The Balaban J connectivity index is 1.28. The molecule has 0 atom stereocenters. The van der Waals surface area contributed by atoms with E-state index >= 15 is 0 Å². The van der Waals surface area contributed by atoms with Crippen molar-refractivity contribution in [3.05, 3.63) is 60.2 Å². The van der Waals surface area contributed by atoms with Crippen molar-refractivity contribution in [1.82, 2.24) is 4.90 Å². The Bertz CT molecular complexity index is 764. The van der Waals surface area contributed by atoms with Crippen molar-refractivity contribution in [3.8, 4) is 11.5 Å². The molecule has 0 unspecified atom stereocenters. The number of ether oxygens (including phenoxy) is 4. The van der Waals surface area contributed by atoms with Crippen LogP contribution in [0.3, 0.4) is 0 Å². The molecule has 0 bridgehead atoms. The van der Waals surface area contributed by atoms with Crippen molar-refractivity contribution in [2.75, 3.05) is 26.3 Å². The fourth-order valence-electron chi connectivity index (χ4n) is 2.77. The summed E-state index contributed by atoms with van der Waals surface area (Å²) >= 11 is 0. The van der Waals surface area contributed by atoms with Gasteiger partial charge in [-0.05, 0) is 50.6 Å². The first-order valence-corrected chi connectivity index (χ1v) is 9.88. The summed E-state index contributed by atoms with van der Waals surface area (Å²) in [7, 11) is 0. The van der Waals surface area contributed by atoms with Crippen LogP contribution in [-0.2, 0) is 16.1 Å². The summed E-state index contributed by atoms with van der Waals surface area (Å²) in [6, 6.07) is 17.6.